The fourth-order valence-corrected chi connectivity index (χ4v) is 2.17. The molecule has 5 nitrogen and oxygen atoms in total. The number of nitrogens with zero attached hydrogens (tertiary/aromatic N) is 1. The van der Waals surface area contributed by atoms with E-state index in [4.69, 9.17) is 16.3 Å². The first kappa shape index (κ1) is 14.7. The summed E-state index contributed by atoms with van der Waals surface area (Å²) in [5, 5.41) is 2.35. The number of likely N-dealkylation sites (N-methyl/N-ethyl adjacent to an activating group) is 1. The monoisotopic (exact) mass is 300 g/mol. The van der Waals surface area contributed by atoms with Gasteiger partial charge in [0.1, 0.15) is 0 Å². The Hall–Kier alpha value is -1.66. The lowest BCUT2D eigenvalue weighted by Crippen LogP contribution is -2.51. The Morgan fingerprint density at radius 2 is 2.25 bits per heavy atom. The van der Waals surface area contributed by atoms with Crippen LogP contribution in [0.2, 0.25) is 5.02 Å². The van der Waals surface area contributed by atoms with E-state index < -0.39 is 17.8 Å². The highest BCUT2D eigenvalue weighted by Crippen LogP contribution is 2.20. The maximum Gasteiger partial charge on any atom is 0.257 e. The number of morpholine rings is 1. The van der Waals surface area contributed by atoms with Gasteiger partial charge < -0.3 is 15.0 Å². The minimum Gasteiger partial charge on any atom is -0.365 e. The molecule has 0 saturated carbocycles. The van der Waals surface area contributed by atoms with Gasteiger partial charge in [0.25, 0.3) is 11.8 Å². The summed E-state index contributed by atoms with van der Waals surface area (Å²) in [5.41, 5.74) is -0.102. The number of benzene rings is 1. The number of nitrogens with one attached hydrogen (secondary N) is 1. The molecule has 1 aliphatic heterocycles. The van der Waals surface area contributed by atoms with Crippen LogP contribution in [0.3, 0.4) is 0 Å². The van der Waals surface area contributed by atoms with Crippen molar-refractivity contribution in [2.45, 2.75) is 6.10 Å². The van der Waals surface area contributed by atoms with E-state index in [1.807, 2.05) is 0 Å². The van der Waals surface area contributed by atoms with Gasteiger partial charge in [0.15, 0.2) is 11.9 Å². The van der Waals surface area contributed by atoms with Crippen molar-refractivity contribution in [3.8, 4) is 0 Å². The predicted octanol–water partition coefficient (Wildman–Crippen LogP) is 1.07. The van der Waals surface area contributed by atoms with Crippen molar-refractivity contribution in [3.63, 3.8) is 0 Å². The summed E-state index contributed by atoms with van der Waals surface area (Å²) < 4.78 is 19.1. The summed E-state index contributed by atoms with van der Waals surface area (Å²) in [5.74, 6) is -1.56. The van der Waals surface area contributed by atoms with Crippen molar-refractivity contribution in [1.82, 2.24) is 10.2 Å². The zero-order valence-corrected chi connectivity index (χ0v) is 11.6. The fourth-order valence-electron chi connectivity index (χ4n) is 1.99. The van der Waals surface area contributed by atoms with Gasteiger partial charge in [-0.2, -0.15) is 0 Å². The smallest absolute Gasteiger partial charge is 0.257 e. The van der Waals surface area contributed by atoms with Gasteiger partial charge in [-0.3, -0.25) is 9.59 Å². The SMILES string of the molecule is CNC(=O)[C@@H]1CN(C(=O)c2cccc(Cl)c2F)CCO1. The van der Waals surface area contributed by atoms with Gasteiger partial charge in [0.05, 0.1) is 23.7 Å². The van der Waals surface area contributed by atoms with Crippen molar-refractivity contribution in [1.29, 1.82) is 0 Å². The number of amides is 2. The molecule has 0 unspecified atom stereocenters. The molecular formula is C13H14ClFN2O3. The van der Waals surface area contributed by atoms with Gasteiger partial charge in [-0.1, -0.05) is 17.7 Å². The van der Waals surface area contributed by atoms with Gasteiger partial charge in [-0.15, -0.1) is 0 Å². The molecule has 1 saturated heterocycles. The van der Waals surface area contributed by atoms with Crippen LogP contribution < -0.4 is 5.32 Å². The molecule has 1 fully saturated rings. The molecule has 20 heavy (non-hydrogen) atoms. The topological polar surface area (TPSA) is 58.6 Å². The van der Waals surface area contributed by atoms with Crippen LogP contribution in [0.4, 0.5) is 4.39 Å². The third-order valence-electron chi connectivity index (χ3n) is 3.07. The second-order valence-electron chi connectivity index (χ2n) is 4.33. The Kier molecular flexibility index (Phi) is 4.57. The maximum absolute atomic E-state index is 13.8. The fraction of sp³-hybridized carbons (Fsp3) is 0.385. The van der Waals surface area contributed by atoms with E-state index in [0.29, 0.717) is 6.54 Å². The molecule has 7 heteroatoms. The normalized spacial score (nSPS) is 18.8. The van der Waals surface area contributed by atoms with E-state index in [9.17, 15) is 14.0 Å². The van der Waals surface area contributed by atoms with Gasteiger partial charge in [-0.05, 0) is 12.1 Å². The Bertz CT molecular complexity index is 538. The Morgan fingerprint density at radius 3 is 2.95 bits per heavy atom. The molecule has 2 rings (SSSR count). The largest absolute Gasteiger partial charge is 0.365 e. The average Bonchev–Trinajstić information content (AvgIpc) is 2.48. The number of carbonyl (C=O) groups excluding carboxylic acids is 2. The minimum atomic E-state index is -0.748. The zero-order valence-electron chi connectivity index (χ0n) is 10.9. The van der Waals surface area contributed by atoms with E-state index >= 15 is 0 Å². The zero-order chi connectivity index (χ0) is 14.7. The Labute approximate surface area is 120 Å². The van der Waals surface area contributed by atoms with Crippen LogP contribution in [-0.4, -0.2) is 49.6 Å². The lowest BCUT2D eigenvalue weighted by Gasteiger charge is -2.32. The second kappa shape index (κ2) is 6.19. The molecule has 0 radical (unpaired) electrons. The molecule has 1 atom stereocenters. The summed E-state index contributed by atoms with van der Waals surface area (Å²) in [6.07, 6.45) is -0.736. The quantitative estimate of drug-likeness (QED) is 0.889. The van der Waals surface area contributed by atoms with Crippen LogP contribution in [0.15, 0.2) is 18.2 Å². The molecule has 0 bridgehead atoms. The predicted molar refractivity (Wildman–Crippen MR) is 71.1 cm³/mol. The van der Waals surface area contributed by atoms with Crippen LogP contribution in [-0.2, 0) is 9.53 Å². The van der Waals surface area contributed by atoms with Crippen molar-refractivity contribution in [3.05, 3.63) is 34.6 Å². The van der Waals surface area contributed by atoms with Gasteiger partial charge in [0, 0.05) is 13.6 Å². The van der Waals surface area contributed by atoms with Crippen LogP contribution in [0.5, 0.6) is 0 Å². The maximum atomic E-state index is 13.8. The van der Waals surface area contributed by atoms with E-state index in [1.54, 1.807) is 0 Å². The highest BCUT2D eigenvalue weighted by atomic mass is 35.5. The van der Waals surface area contributed by atoms with Crippen molar-refractivity contribution in [2.75, 3.05) is 26.7 Å². The Balaban J connectivity index is 2.16. The average molecular weight is 301 g/mol. The summed E-state index contributed by atoms with van der Waals surface area (Å²) in [6, 6.07) is 4.25. The number of carbonyl (C=O) groups is 2. The van der Waals surface area contributed by atoms with Crippen LogP contribution in [0, 0.1) is 5.82 Å². The standard InChI is InChI=1S/C13H14ClFN2O3/c1-16-12(18)10-7-17(5-6-20-10)13(19)8-3-2-4-9(14)11(8)15/h2-4,10H,5-7H2,1H3,(H,16,18)/t10-/m0/s1. The third kappa shape index (κ3) is 2.91. The summed E-state index contributed by atoms with van der Waals surface area (Å²) >= 11 is 5.66. The summed E-state index contributed by atoms with van der Waals surface area (Å²) in [7, 11) is 1.49. The van der Waals surface area contributed by atoms with Crippen LogP contribution in [0.1, 0.15) is 10.4 Å². The van der Waals surface area contributed by atoms with Crippen molar-refractivity contribution < 1.29 is 18.7 Å². The van der Waals surface area contributed by atoms with Crippen LogP contribution >= 0.6 is 11.6 Å². The molecule has 0 aliphatic carbocycles. The third-order valence-corrected chi connectivity index (χ3v) is 3.37. The molecule has 1 aromatic carbocycles. The Morgan fingerprint density at radius 1 is 1.50 bits per heavy atom. The van der Waals surface area contributed by atoms with Gasteiger partial charge in [0.2, 0.25) is 0 Å². The lowest BCUT2D eigenvalue weighted by molar-refractivity contribution is -0.136. The van der Waals surface area contributed by atoms with E-state index in [1.165, 1.54) is 30.1 Å². The molecule has 1 aromatic rings. The summed E-state index contributed by atoms with van der Waals surface area (Å²) in [4.78, 5) is 25.2. The summed E-state index contributed by atoms with van der Waals surface area (Å²) in [6.45, 7) is 0.620. The van der Waals surface area contributed by atoms with Crippen molar-refractivity contribution >= 4 is 23.4 Å². The minimum absolute atomic E-state index is 0.0878. The van der Waals surface area contributed by atoms with Crippen molar-refractivity contribution in [2.24, 2.45) is 0 Å². The van der Waals surface area contributed by atoms with Gasteiger partial charge >= 0.3 is 0 Å². The first-order valence-electron chi connectivity index (χ1n) is 6.11. The molecule has 1 N–H and O–H groups in total. The number of ether oxygens (including phenoxy) is 1. The van der Waals surface area contributed by atoms with E-state index in [2.05, 4.69) is 5.32 Å². The molecule has 0 aromatic heterocycles. The molecular weight excluding hydrogens is 287 g/mol. The second-order valence-corrected chi connectivity index (χ2v) is 4.73. The molecule has 1 heterocycles. The lowest BCUT2D eigenvalue weighted by atomic mass is 10.1. The first-order valence-corrected chi connectivity index (χ1v) is 6.49. The number of hydrogen-bond donors (Lipinski definition) is 1. The van der Waals surface area contributed by atoms with Gasteiger partial charge in [-0.25, -0.2) is 4.39 Å². The molecule has 108 valence electrons. The van der Waals surface area contributed by atoms with E-state index in [-0.39, 0.29) is 29.6 Å². The molecule has 0 spiro atoms. The highest BCUT2D eigenvalue weighted by molar-refractivity contribution is 6.31. The highest BCUT2D eigenvalue weighted by Gasteiger charge is 2.30. The first-order chi connectivity index (χ1) is 9.54. The number of hydrogen-bond acceptors (Lipinski definition) is 3. The van der Waals surface area contributed by atoms with E-state index in [0.717, 1.165) is 0 Å². The number of rotatable bonds is 2. The molecule has 1 aliphatic rings. The number of halogens is 2. The molecule has 2 amide bonds. The van der Waals surface area contributed by atoms with Crippen LogP contribution in [0.25, 0.3) is 0 Å².